The smallest absolute Gasteiger partial charge is 0.127 e. The van der Waals surface area contributed by atoms with Gasteiger partial charge in [0.15, 0.2) is 0 Å². The topological polar surface area (TPSA) is 25.4 Å². The van der Waals surface area contributed by atoms with E-state index >= 15 is 0 Å². The number of methoxy groups -OCH3 is 1. The number of aryl methyl sites for hydroxylation is 3. The number of aromatic nitrogens is 1. The van der Waals surface area contributed by atoms with Crippen LogP contribution < -0.4 is 4.74 Å². The van der Waals surface area contributed by atoms with Crippen molar-refractivity contribution in [2.75, 3.05) is 20.2 Å². The number of nitrogens with zero attached hydrogens (tertiary/aromatic N) is 2. The second kappa shape index (κ2) is 14.8. The highest BCUT2D eigenvalue weighted by Gasteiger charge is 2.18. The van der Waals surface area contributed by atoms with Crippen molar-refractivity contribution < 1.29 is 4.74 Å². The average molecular weight is 487 g/mol. The highest BCUT2D eigenvalue weighted by molar-refractivity contribution is 5.70. The monoisotopic (exact) mass is 486 g/mol. The summed E-state index contributed by atoms with van der Waals surface area (Å²) < 4.78 is 5.99. The molecule has 0 bridgehead atoms. The molecule has 0 unspecified atom stereocenters. The van der Waals surface area contributed by atoms with Crippen LogP contribution in [0.5, 0.6) is 5.75 Å². The Morgan fingerprint density at radius 2 is 1.50 bits per heavy atom. The van der Waals surface area contributed by atoms with Gasteiger partial charge in [0.25, 0.3) is 0 Å². The largest absolute Gasteiger partial charge is 0.496 e. The quantitative estimate of drug-likeness (QED) is 0.202. The molecule has 1 heterocycles. The molecule has 0 aliphatic rings. The van der Waals surface area contributed by atoms with Crippen LogP contribution >= 0.6 is 0 Å². The highest BCUT2D eigenvalue weighted by atomic mass is 16.5. The van der Waals surface area contributed by atoms with Gasteiger partial charge in [0.2, 0.25) is 0 Å². The highest BCUT2D eigenvalue weighted by Crippen LogP contribution is 2.33. The molecule has 0 saturated carbocycles. The van der Waals surface area contributed by atoms with Crippen LogP contribution in [0.2, 0.25) is 0 Å². The Labute approximate surface area is 219 Å². The molecule has 1 aromatic heterocycles. The summed E-state index contributed by atoms with van der Waals surface area (Å²) in [6, 6.07) is 19.6. The molecule has 0 spiro atoms. The predicted molar refractivity (Wildman–Crippen MR) is 154 cm³/mol. The summed E-state index contributed by atoms with van der Waals surface area (Å²) in [5.74, 6) is 0.959. The third kappa shape index (κ3) is 7.67. The summed E-state index contributed by atoms with van der Waals surface area (Å²) in [6.07, 6.45) is 9.56. The molecule has 3 aromatic rings. The van der Waals surface area contributed by atoms with Gasteiger partial charge in [0, 0.05) is 36.0 Å². The lowest BCUT2D eigenvalue weighted by Gasteiger charge is -2.25. The summed E-state index contributed by atoms with van der Waals surface area (Å²) in [5, 5.41) is 0. The van der Waals surface area contributed by atoms with Crippen LogP contribution in [0.1, 0.15) is 80.8 Å². The van der Waals surface area contributed by atoms with Gasteiger partial charge >= 0.3 is 0 Å². The van der Waals surface area contributed by atoms with E-state index in [1.54, 1.807) is 7.11 Å². The molecule has 3 rings (SSSR count). The number of ether oxygens (including phenoxy) is 1. The third-order valence-electron chi connectivity index (χ3n) is 7.28. The molecule has 3 heteroatoms. The molecule has 0 saturated heterocycles. The SMILES string of the molecule is CCCCCCCN(CCc1ccccc1)Cc1c(OC)cc(-c2c(CC)cccc2CC)nc1C. The van der Waals surface area contributed by atoms with E-state index in [1.807, 2.05) is 0 Å². The van der Waals surface area contributed by atoms with E-state index < -0.39 is 0 Å². The van der Waals surface area contributed by atoms with Crippen LogP contribution in [0.25, 0.3) is 11.3 Å². The van der Waals surface area contributed by atoms with E-state index in [4.69, 9.17) is 9.72 Å². The van der Waals surface area contributed by atoms with Crippen molar-refractivity contribution in [2.24, 2.45) is 0 Å². The van der Waals surface area contributed by atoms with E-state index in [2.05, 4.69) is 87.2 Å². The fourth-order valence-corrected chi connectivity index (χ4v) is 5.11. The van der Waals surface area contributed by atoms with Gasteiger partial charge in [0.05, 0.1) is 12.8 Å². The standard InChI is InChI=1S/C33H46N2O/c1-6-9-10-11-15-22-35(23-21-27-17-13-12-14-18-27)25-30-26(4)34-31(24-32(30)36-5)33-28(7-2)19-16-20-29(33)8-3/h12-14,16-20,24H,6-11,15,21-23,25H2,1-5H3. The maximum absolute atomic E-state index is 5.99. The normalized spacial score (nSPS) is 11.3. The third-order valence-corrected chi connectivity index (χ3v) is 7.28. The molecule has 0 atom stereocenters. The fraction of sp³-hybridized carbons (Fsp3) is 0.485. The van der Waals surface area contributed by atoms with Gasteiger partial charge in [-0.3, -0.25) is 9.88 Å². The van der Waals surface area contributed by atoms with Crippen LogP contribution in [0, 0.1) is 6.92 Å². The molecule has 0 amide bonds. The van der Waals surface area contributed by atoms with Gasteiger partial charge in [-0.2, -0.15) is 0 Å². The number of benzene rings is 2. The molecule has 36 heavy (non-hydrogen) atoms. The summed E-state index contributed by atoms with van der Waals surface area (Å²) in [6.45, 7) is 11.9. The summed E-state index contributed by atoms with van der Waals surface area (Å²) in [5.41, 5.74) is 8.72. The van der Waals surface area contributed by atoms with Crippen molar-refractivity contribution >= 4 is 0 Å². The Morgan fingerprint density at radius 3 is 2.14 bits per heavy atom. The van der Waals surface area contributed by atoms with Gasteiger partial charge < -0.3 is 4.74 Å². The number of hydrogen-bond donors (Lipinski definition) is 0. The van der Waals surface area contributed by atoms with E-state index in [0.29, 0.717) is 0 Å². The summed E-state index contributed by atoms with van der Waals surface area (Å²) in [7, 11) is 1.80. The summed E-state index contributed by atoms with van der Waals surface area (Å²) >= 11 is 0. The van der Waals surface area contributed by atoms with Crippen LogP contribution in [0.3, 0.4) is 0 Å². The van der Waals surface area contributed by atoms with Crippen molar-refractivity contribution in [2.45, 2.75) is 85.6 Å². The van der Waals surface area contributed by atoms with Gasteiger partial charge in [-0.25, -0.2) is 0 Å². The first-order valence-corrected chi connectivity index (χ1v) is 14.0. The van der Waals surface area contributed by atoms with E-state index in [-0.39, 0.29) is 0 Å². The lowest BCUT2D eigenvalue weighted by molar-refractivity contribution is 0.256. The molecule has 0 N–H and O–H groups in total. The molecule has 0 aliphatic carbocycles. The molecule has 0 fully saturated rings. The second-order valence-corrected chi connectivity index (χ2v) is 9.86. The average Bonchev–Trinajstić information content (AvgIpc) is 2.92. The Morgan fingerprint density at radius 1 is 0.806 bits per heavy atom. The van der Waals surface area contributed by atoms with E-state index in [9.17, 15) is 0 Å². The maximum Gasteiger partial charge on any atom is 0.127 e. The Bertz CT molecular complexity index is 1040. The first-order valence-electron chi connectivity index (χ1n) is 14.0. The lowest BCUT2D eigenvalue weighted by Crippen LogP contribution is -2.28. The molecular formula is C33H46N2O. The first-order chi connectivity index (χ1) is 17.6. The molecular weight excluding hydrogens is 440 g/mol. The van der Waals surface area contributed by atoms with Crippen LogP contribution in [0.15, 0.2) is 54.6 Å². The zero-order chi connectivity index (χ0) is 25.8. The lowest BCUT2D eigenvalue weighted by atomic mass is 9.94. The molecule has 3 nitrogen and oxygen atoms in total. The van der Waals surface area contributed by atoms with E-state index in [1.165, 1.54) is 59.9 Å². The zero-order valence-corrected chi connectivity index (χ0v) is 23.3. The number of rotatable bonds is 15. The van der Waals surface area contributed by atoms with Crippen molar-refractivity contribution in [1.29, 1.82) is 0 Å². The minimum absolute atomic E-state index is 0.874. The fourth-order valence-electron chi connectivity index (χ4n) is 5.11. The van der Waals surface area contributed by atoms with Crippen molar-refractivity contribution in [1.82, 2.24) is 9.88 Å². The minimum Gasteiger partial charge on any atom is -0.496 e. The Balaban J connectivity index is 1.86. The van der Waals surface area contributed by atoms with Crippen LogP contribution in [0.4, 0.5) is 0 Å². The number of pyridine rings is 1. The molecule has 0 radical (unpaired) electrons. The summed E-state index contributed by atoms with van der Waals surface area (Å²) in [4.78, 5) is 7.75. The second-order valence-electron chi connectivity index (χ2n) is 9.86. The van der Waals surface area contributed by atoms with Crippen molar-refractivity contribution in [3.05, 3.63) is 82.5 Å². The van der Waals surface area contributed by atoms with Crippen LogP contribution in [-0.2, 0) is 25.8 Å². The molecule has 0 aliphatic heterocycles. The van der Waals surface area contributed by atoms with Crippen molar-refractivity contribution in [3.8, 4) is 17.0 Å². The van der Waals surface area contributed by atoms with Gasteiger partial charge in [-0.05, 0) is 55.8 Å². The maximum atomic E-state index is 5.99. The molecule has 194 valence electrons. The van der Waals surface area contributed by atoms with Crippen LogP contribution in [-0.4, -0.2) is 30.1 Å². The Kier molecular flexibility index (Phi) is 11.5. The van der Waals surface area contributed by atoms with Gasteiger partial charge in [0.1, 0.15) is 5.75 Å². The van der Waals surface area contributed by atoms with E-state index in [0.717, 1.165) is 56.0 Å². The number of hydrogen-bond acceptors (Lipinski definition) is 3. The van der Waals surface area contributed by atoms with Gasteiger partial charge in [-0.1, -0.05) is 95.0 Å². The van der Waals surface area contributed by atoms with Crippen molar-refractivity contribution in [3.63, 3.8) is 0 Å². The Hall–Kier alpha value is -2.65. The molecule has 2 aromatic carbocycles. The number of unbranched alkanes of at least 4 members (excludes halogenated alkanes) is 4. The predicted octanol–water partition coefficient (Wildman–Crippen LogP) is 8.21. The first kappa shape index (κ1) is 27.9. The van der Waals surface area contributed by atoms with Gasteiger partial charge in [-0.15, -0.1) is 0 Å². The zero-order valence-electron chi connectivity index (χ0n) is 23.3. The minimum atomic E-state index is 0.874.